The van der Waals surface area contributed by atoms with Gasteiger partial charge in [0.05, 0.1) is 17.6 Å². The second-order valence-electron chi connectivity index (χ2n) is 6.87. The molecule has 0 spiro atoms. The monoisotopic (exact) mass is 476 g/mol. The highest BCUT2D eigenvalue weighted by Crippen LogP contribution is 2.26. The summed E-state index contributed by atoms with van der Waals surface area (Å²) in [7, 11) is 0. The van der Waals surface area contributed by atoms with Gasteiger partial charge in [-0.3, -0.25) is 19.1 Å². The Labute approximate surface area is 182 Å². The van der Waals surface area contributed by atoms with Gasteiger partial charge in [0.25, 0.3) is 5.56 Å². The van der Waals surface area contributed by atoms with Crippen LogP contribution in [0.4, 0.5) is 5.69 Å². The normalized spacial score (nSPS) is 11.4. The zero-order valence-corrected chi connectivity index (χ0v) is 19.5. The van der Waals surface area contributed by atoms with E-state index in [4.69, 9.17) is 4.98 Å². The summed E-state index contributed by atoms with van der Waals surface area (Å²) in [6.07, 6.45) is 0. The third-order valence-corrected chi connectivity index (χ3v) is 6.87. The molecular formula is C21H25BrN4O2S. The lowest BCUT2D eigenvalue weighted by molar-refractivity contribution is -0.116. The highest BCUT2D eigenvalue weighted by atomic mass is 79.9. The maximum Gasteiger partial charge on any atom is 0.263 e. The first-order chi connectivity index (χ1) is 13.8. The summed E-state index contributed by atoms with van der Waals surface area (Å²) >= 11 is 4.97. The number of para-hydroxylation sites is 1. The molecule has 0 fully saturated rings. The van der Waals surface area contributed by atoms with E-state index in [0.29, 0.717) is 23.4 Å². The Kier molecular flexibility index (Phi) is 6.87. The highest BCUT2D eigenvalue weighted by molar-refractivity contribution is 9.10. The van der Waals surface area contributed by atoms with Gasteiger partial charge >= 0.3 is 0 Å². The van der Waals surface area contributed by atoms with E-state index in [9.17, 15) is 9.59 Å². The molecule has 0 saturated carbocycles. The molecular weight excluding hydrogens is 452 g/mol. The number of aromatic nitrogens is 2. The molecule has 0 bridgehead atoms. The van der Waals surface area contributed by atoms with Crippen molar-refractivity contribution in [1.29, 1.82) is 0 Å². The Morgan fingerprint density at radius 1 is 1.24 bits per heavy atom. The maximum absolute atomic E-state index is 13.3. The van der Waals surface area contributed by atoms with E-state index in [0.717, 1.165) is 32.8 Å². The second-order valence-corrected chi connectivity index (χ2v) is 8.93. The Morgan fingerprint density at radius 2 is 1.93 bits per heavy atom. The first kappa shape index (κ1) is 21.7. The van der Waals surface area contributed by atoms with Crippen molar-refractivity contribution in [3.8, 4) is 0 Å². The molecule has 1 aromatic carbocycles. The molecule has 0 aliphatic carbocycles. The summed E-state index contributed by atoms with van der Waals surface area (Å²) in [6, 6.07) is 7.41. The molecule has 3 aromatic rings. The number of thiophene rings is 1. The van der Waals surface area contributed by atoms with Crippen LogP contribution in [-0.2, 0) is 17.9 Å². The highest BCUT2D eigenvalue weighted by Gasteiger charge is 2.19. The summed E-state index contributed by atoms with van der Waals surface area (Å²) in [4.78, 5) is 34.9. The van der Waals surface area contributed by atoms with E-state index in [2.05, 4.69) is 40.0 Å². The number of anilines is 1. The standard InChI is InChI=1S/C21H25BrN4O2S/c1-5-25(6-2)11-17-24-20-19(13(3)14(4)29-20)21(28)26(17)12-18(27)23-16-10-8-7-9-15(16)22/h7-10H,5-6,11-12H2,1-4H3,(H,23,27). The fourth-order valence-electron chi connectivity index (χ4n) is 3.20. The third kappa shape index (κ3) is 4.60. The Morgan fingerprint density at radius 3 is 2.59 bits per heavy atom. The van der Waals surface area contributed by atoms with Crippen LogP contribution in [0.15, 0.2) is 33.5 Å². The average molecular weight is 477 g/mol. The van der Waals surface area contributed by atoms with E-state index >= 15 is 0 Å². The molecule has 0 aliphatic rings. The number of nitrogens with one attached hydrogen (secondary N) is 1. The van der Waals surface area contributed by atoms with Crippen molar-refractivity contribution in [1.82, 2.24) is 14.5 Å². The van der Waals surface area contributed by atoms with Gasteiger partial charge in [-0.15, -0.1) is 11.3 Å². The molecule has 0 atom stereocenters. The second kappa shape index (κ2) is 9.19. The number of benzene rings is 1. The number of amides is 1. The lowest BCUT2D eigenvalue weighted by atomic mass is 10.2. The van der Waals surface area contributed by atoms with Crippen LogP contribution >= 0.6 is 27.3 Å². The predicted molar refractivity (Wildman–Crippen MR) is 123 cm³/mol. The van der Waals surface area contributed by atoms with Crippen molar-refractivity contribution in [2.45, 2.75) is 40.8 Å². The molecule has 2 aromatic heterocycles. The summed E-state index contributed by atoms with van der Waals surface area (Å²) in [5, 5.41) is 3.49. The zero-order chi connectivity index (χ0) is 21.1. The van der Waals surface area contributed by atoms with E-state index in [-0.39, 0.29) is 18.0 Å². The fourth-order valence-corrected chi connectivity index (χ4v) is 4.62. The molecule has 1 N–H and O–H groups in total. The summed E-state index contributed by atoms with van der Waals surface area (Å²) in [5.74, 6) is 0.361. The minimum atomic E-state index is -0.259. The summed E-state index contributed by atoms with van der Waals surface area (Å²) in [5.41, 5.74) is 1.46. The summed E-state index contributed by atoms with van der Waals surface area (Å²) < 4.78 is 2.31. The van der Waals surface area contributed by atoms with Crippen molar-refractivity contribution in [3.05, 3.63) is 55.4 Å². The number of halogens is 1. The lowest BCUT2D eigenvalue weighted by Crippen LogP contribution is -2.34. The Balaban J connectivity index is 2.02. The van der Waals surface area contributed by atoms with Crippen LogP contribution in [0, 0.1) is 13.8 Å². The molecule has 8 heteroatoms. The van der Waals surface area contributed by atoms with Crippen LogP contribution in [0.1, 0.15) is 30.1 Å². The largest absolute Gasteiger partial charge is 0.324 e. The van der Waals surface area contributed by atoms with Gasteiger partial charge in [-0.1, -0.05) is 26.0 Å². The number of hydrogen-bond donors (Lipinski definition) is 1. The fraction of sp³-hybridized carbons (Fsp3) is 0.381. The van der Waals surface area contributed by atoms with Gasteiger partial charge < -0.3 is 5.32 Å². The molecule has 0 aliphatic heterocycles. The van der Waals surface area contributed by atoms with Gasteiger partial charge in [0.15, 0.2) is 0 Å². The first-order valence-electron chi connectivity index (χ1n) is 9.61. The van der Waals surface area contributed by atoms with Gasteiger partial charge in [0.2, 0.25) is 5.91 Å². The number of carbonyl (C=O) groups excluding carboxylic acids is 1. The molecule has 2 heterocycles. The molecule has 6 nitrogen and oxygen atoms in total. The van der Waals surface area contributed by atoms with Gasteiger partial charge in [0.1, 0.15) is 17.2 Å². The van der Waals surface area contributed by atoms with Crippen LogP contribution in [0.5, 0.6) is 0 Å². The van der Waals surface area contributed by atoms with Crippen LogP contribution in [0.25, 0.3) is 10.2 Å². The van der Waals surface area contributed by atoms with Crippen molar-refractivity contribution in [2.24, 2.45) is 0 Å². The van der Waals surface area contributed by atoms with Gasteiger partial charge in [0, 0.05) is 9.35 Å². The average Bonchev–Trinajstić information content (AvgIpc) is 2.98. The van der Waals surface area contributed by atoms with E-state index in [1.165, 1.54) is 15.9 Å². The Bertz CT molecular complexity index is 1100. The van der Waals surface area contributed by atoms with Crippen LogP contribution < -0.4 is 10.9 Å². The molecule has 1 amide bonds. The third-order valence-electron chi connectivity index (χ3n) is 5.08. The predicted octanol–water partition coefficient (Wildman–Crippen LogP) is 4.32. The number of rotatable bonds is 7. The molecule has 0 radical (unpaired) electrons. The first-order valence-corrected chi connectivity index (χ1v) is 11.2. The number of nitrogens with zero attached hydrogens (tertiary/aromatic N) is 3. The zero-order valence-electron chi connectivity index (χ0n) is 17.1. The van der Waals surface area contributed by atoms with Crippen molar-refractivity contribution in [3.63, 3.8) is 0 Å². The smallest absolute Gasteiger partial charge is 0.263 e. The van der Waals surface area contributed by atoms with E-state index < -0.39 is 0 Å². The molecule has 3 rings (SSSR count). The van der Waals surface area contributed by atoms with Crippen LogP contribution in [0.2, 0.25) is 0 Å². The number of aryl methyl sites for hydroxylation is 2. The lowest BCUT2D eigenvalue weighted by Gasteiger charge is -2.20. The number of fused-ring (bicyclic) bond motifs is 1. The van der Waals surface area contributed by atoms with Crippen molar-refractivity contribution in [2.75, 3.05) is 18.4 Å². The SMILES string of the molecule is CCN(CC)Cc1nc2sc(C)c(C)c2c(=O)n1CC(=O)Nc1ccccc1Br. The minimum Gasteiger partial charge on any atom is -0.324 e. The van der Waals surface area contributed by atoms with Gasteiger partial charge in [-0.05, 0) is 60.6 Å². The van der Waals surface area contributed by atoms with E-state index in [1.54, 1.807) is 0 Å². The van der Waals surface area contributed by atoms with Crippen molar-refractivity contribution < 1.29 is 4.79 Å². The topological polar surface area (TPSA) is 67.2 Å². The minimum absolute atomic E-state index is 0.0754. The molecule has 154 valence electrons. The quantitative estimate of drug-likeness (QED) is 0.551. The van der Waals surface area contributed by atoms with Crippen LogP contribution in [-0.4, -0.2) is 33.4 Å². The van der Waals surface area contributed by atoms with Gasteiger partial charge in [-0.2, -0.15) is 0 Å². The van der Waals surface area contributed by atoms with Crippen LogP contribution in [0.3, 0.4) is 0 Å². The Hall–Kier alpha value is -2.03. The summed E-state index contributed by atoms with van der Waals surface area (Å²) in [6.45, 7) is 10.2. The molecule has 29 heavy (non-hydrogen) atoms. The molecule has 0 saturated heterocycles. The maximum atomic E-state index is 13.3. The number of carbonyl (C=O) groups is 1. The van der Waals surface area contributed by atoms with E-state index in [1.807, 2.05) is 38.1 Å². The van der Waals surface area contributed by atoms with Crippen molar-refractivity contribution >= 4 is 49.1 Å². The number of hydrogen-bond acceptors (Lipinski definition) is 5. The van der Waals surface area contributed by atoms with Gasteiger partial charge in [-0.25, -0.2) is 4.98 Å². The molecule has 0 unspecified atom stereocenters.